The lowest BCUT2D eigenvalue weighted by atomic mass is 10.1. The fourth-order valence-electron chi connectivity index (χ4n) is 1.90. The largest absolute Gasteiger partial charge is 0.496 e. The van der Waals surface area contributed by atoms with Crippen LogP contribution in [-0.2, 0) is 17.9 Å². The summed E-state index contributed by atoms with van der Waals surface area (Å²) < 4.78 is 21.0. The highest BCUT2D eigenvalue weighted by Crippen LogP contribution is 2.36. The predicted molar refractivity (Wildman–Crippen MR) is 64.5 cm³/mol. The molecule has 0 saturated carbocycles. The molecule has 2 aromatic rings. The minimum absolute atomic E-state index is 0.199. The van der Waals surface area contributed by atoms with E-state index in [0.717, 1.165) is 11.3 Å². The Morgan fingerprint density at radius 3 is 3.05 bits per heavy atom. The number of hydrogen-bond donors (Lipinski definition) is 1. The van der Waals surface area contributed by atoms with Gasteiger partial charge in [0.05, 0.1) is 25.8 Å². The summed E-state index contributed by atoms with van der Waals surface area (Å²) >= 11 is 0. The highest BCUT2D eigenvalue weighted by molar-refractivity contribution is 5.67. The molecule has 100 valence electrons. The molecule has 1 aliphatic heterocycles. The van der Waals surface area contributed by atoms with Gasteiger partial charge in [-0.1, -0.05) is 5.16 Å². The fourth-order valence-corrected chi connectivity index (χ4v) is 1.90. The van der Waals surface area contributed by atoms with Gasteiger partial charge in [0.1, 0.15) is 11.5 Å². The molecule has 0 saturated heterocycles. The number of nitrogens with zero attached hydrogens (tertiary/aromatic N) is 2. The molecule has 0 radical (unpaired) electrons. The second-order valence-corrected chi connectivity index (χ2v) is 3.99. The van der Waals surface area contributed by atoms with Gasteiger partial charge in [-0.15, -0.1) is 0 Å². The van der Waals surface area contributed by atoms with Crippen LogP contribution in [0.3, 0.4) is 0 Å². The van der Waals surface area contributed by atoms with Gasteiger partial charge in [-0.3, -0.25) is 0 Å². The fraction of sp³-hybridized carbons (Fsp3) is 0.333. The van der Waals surface area contributed by atoms with E-state index in [-0.39, 0.29) is 13.3 Å². The van der Waals surface area contributed by atoms with Gasteiger partial charge in [0.2, 0.25) is 11.7 Å². The third-order valence-corrected chi connectivity index (χ3v) is 2.82. The van der Waals surface area contributed by atoms with Crippen LogP contribution in [0.4, 0.5) is 0 Å². The number of ether oxygens (including phenoxy) is 3. The molecule has 0 bridgehead atoms. The normalized spacial score (nSPS) is 13.8. The molecule has 7 heteroatoms. The molecular formula is C12H13N3O4. The molecule has 1 aromatic heterocycles. The zero-order valence-electron chi connectivity index (χ0n) is 10.4. The predicted octanol–water partition coefficient (Wildman–Crippen LogP) is 1.07. The van der Waals surface area contributed by atoms with Crippen molar-refractivity contribution in [2.75, 3.05) is 13.9 Å². The van der Waals surface area contributed by atoms with Crippen molar-refractivity contribution >= 4 is 0 Å². The molecule has 0 unspecified atom stereocenters. The van der Waals surface area contributed by atoms with Crippen LogP contribution in [-0.4, -0.2) is 24.0 Å². The first-order chi connectivity index (χ1) is 9.31. The molecule has 1 aliphatic rings. The van der Waals surface area contributed by atoms with Gasteiger partial charge in [0.15, 0.2) is 6.79 Å². The van der Waals surface area contributed by atoms with E-state index in [0.29, 0.717) is 29.6 Å². The van der Waals surface area contributed by atoms with Gasteiger partial charge in [0, 0.05) is 5.56 Å². The van der Waals surface area contributed by atoms with Crippen LogP contribution in [0.15, 0.2) is 16.7 Å². The quantitative estimate of drug-likeness (QED) is 0.885. The summed E-state index contributed by atoms with van der Waals surface area (Å²) in [5.74, 6) is 2.17. The summed E-state index contributed by atoms with van der Waals surface area (Å²) in [5, 5.41) is 3.88. The summed E-state index contributed by atoms with van der Waals surface area (Å²) in [6, 6.07) is 3.67. The first kappa shape index (κ1) is 11.9. The molecule has 2 N–H and O–H groups in total. The number of nitrogens with two attached hydrogens (primary N) is 1. The van der Waals surface area contributed by atoms with E-state index in [1.807, 2.05) is 12.1 Å². The minimum atomic E-state index is 0.199. The minimum Gasteiger partial charge on any atom is -0.496 e. The summed E-state index contributed by atoms with van der Waals surface area (Å²) in [6.07, 6.45) is 0. The van der Waals surface area contributed by atoms with Crippen molar-refractivity contribution in [2.45, 2.75) is 13.2 Å². The molecule has 7 nitrogen and oxygen atoms in total. The van der Waals surface area contributed by atoms with Gasteiger partial charge in [-0.05, 0) is 12.1 Å². The van der Waals surface area contributed by atoms with E-state index in [9.17, 15) is 0 Å². The summed E-state index contributed by atoms with van der Waals surface area (Å²) in [4.78, 5) is 4.19. The lowest BCUT2D eigenvalue weighted by Crippen LogP contribution is -2.11. The third kappa shape index (κ3) is 2.13. The maximum Gasteiger partial charge on any atom is 0.240 e. The molecule has 0 atom stereocenters. The molecule has 0 aliphatic carbocycles. The Labute approximate surface area is 109 Å². The van der Waals surface area contributed by atoms with Crippen molar-refractivity contribution in [3.05, 3.63) is 23.6 Å². The number of hydrogen-bond acceptors (Lipinski definition) is 7. The third-order valence-electron chi connectivity index (χ3n) is 2.82. The standard InChI is InChI=1S/C12H13N3O4/c1-16-10-2-7-5-17-6-18-9(7)3-8(10)12-14-11(4-13)19-15-12/h2-3H,4-6,13H2,1H3. The highest BCUT2D eigenvalue weighted by Gasteiger charge is 2.19. The van der Waals surface area contributed by atoms with Crippen LogP contribution < -0.4 is 15.2 Å². The number of aromatic nitrogens is 2. The second-order valence-electron chi connectivity index (χ2n) is 3.99. The number of rotatable bonds is 3. The average molecular weight is 263 g/mol. The summed E-state index contributed by atoms with van der Waals surface area (Å²) in [6.45, 7) is 0.927. The Morgan fingerprint density at radius 1 is 1.42 bits per heavy atom. The molecule has 2 heterocycles. The lowest BCUT2D eigenvalue weighted by Gasteiger charge is -2.19. The van der Waals surface area contributed by atoms with Crippen molar-refractivity contribution in [1.82, 2.24) is 10.1 Å². The topological polar surface area (TPSA) is 92.6 Å². The van der Waals surface area contributed by atoms with Gasteiger partial charge in [0.25, 0.3) is 0 Å². The van der Waals surface area contributed by atoms with Crippen molar-refractivity contribution < 1.29 is 18.7 Å². The Bertz CT molecular complexity index is 597. The number of fused-ring (bicyclic) bond motifs is 1. The van der Waals surface area contributed by atoms with Crippen LogP contribution in [0.5, 0.6) is 11.5 Å². The van der Waals surface area contributed by atoms with Crippen molar-refractivity contribution in [3.63, 3.8) is 0 Å². The van der Waals surface area contributed by atoms with Gasteiger partial charge in [-0.2, -0.15) is 4.98 Å². The molecule has 19 heavy (non-hydrogen) atoms. The van der Waals surface area contributed by atoms with E-state index in [1.54, 1.807) is 7.11 Å². The Hall–Kier alpha value is -2.12. The van der Waals surface area contributed by atoms with Gasteiger partial charge < -0.3 is 24.5 Å². The van der Waals surface area contributed by atoms with E-state index in [4.69, 9.17) is 24.5 Å². The molecule has 1 aromatic carbocycles. The van der Waals surface area contributed by atoms with E-state index in [2.05, 4.69) is 10.1 Å². The van der Waals surface area contributed by atoms with Crippen LogP contribution in [0.25, 0.3) is 11.4 Å². The van der Waals surface area contributed by atoms with Gasteiger partial charge in [-0.25, -0.2) is 0 Å². The van der Waals surface area contributed by atoms with E-state index >= 15 is 0 Å². The van der Waals surface area contributed by atoms with Crippen LogP contribution in [0.1, 0.15) is 11.5 Å². The monoisotopic (exact) mass is 263 g/mol. The van der Waals surface area contributed by atoms with Crippen LogP contribution >= 0.6 is 0 Å². The van der Waals surface area contributed by atoms with Gasteiger partial charge >= 0.3 is 0 Å². The zero-order chi connectivity index (χ0) is 13.2. The van der Waals surface area contributed by atoms with E-state index < -0.39 is 0 Å². The maximum atomic E-state index is 5.45. The smallest absolute Gasteiger partial charge is 0.240 e. The second kappa shape index (κ2) is 4.87. The number of methoxy groups -OCH3 is 1. The summed E-state index contributed by atoms with van der Waals surface area (Å²) in [7, 11) is 1.58. The van der Waals surface area contributed by atoms with Crippen molar-refractivity contribution in [3.8, 4) is 22.9 Å². The average Bonchev–Trinajstić information content (AvgIpc) is 2.94. The zero-order valence-corrected chi connectivity index (χ0v) is 10.4. The molecule has 0 spiro atoms. The molecule has 3 rings (SSSR count). The number of benzene rings is 1. The lowest BCUT2D eigenvalue weighted by molar-refractivity contribution is -0.0164. The maximum absolute atomic E-state index is 5.45. The van der Waals surface area contributed by atoms with Crippen LogP contribution in [0.2, 0.25) is 0 Å². The van der Waals surface area contributed by atoms with Crippen molar-refractivity contribution in [1.29, 1.82) is 0 Å². The Morgan fingerprint density at radius 2 is 2.32 bits per heavy atom. The Balaban J connectivity index is 2.08. The first-order valence-corrected chi connectivity index (χ1v) is 5.76. The summed E-state index contributed by atoms with van der Waals surface area (Å²) in [5.41, 5.74) is 7.08. The first-order valence-electron chi connectivity index (χ1n) is 5.76. The highest BCUT2D eigenvalue weighted by atomic mass is 16.7. The van der Waals surface area contributed by atoms with E-state index in [1.165, 1.54) is 0 Å². The molecule has 0 amide bonds. The molecule has 0 fully saturated rings. The molecular weight excluding hydrogens is 250 g/mol. The van der Waals surface area contributed by atoms with Crippen molar-refractivity contribution in [2.24, 2.45) is 5.73 Å². The SMILES string of the molecule is COc1cc2c(cc1-c1noc(CN)n1)OCOC2. The van der Waals surface area contributed by atoms with Crippen LogP contribution in [0, 0.1) is 0 Å². The Kier molecular flexibility index (Phi) is 3.06.